The summed E-state index contributed by atoms with van der Waals surface area (Å²) in [5.74, 6) is 1.85. The highest BCUT2D eigenvalue weighted by Crippen LogP contribution is 2.22. The third-order valence-electron chi connectivity index (χ3n) is 2.27. The molecule has 0 spiro atoms. The Bertz CT molecular complexity index is 554. The molecular weight excluding hydrogens is 222 g/mol. The summed E-state index contributed by atoms with van der Waals surface area (Å²) in [5.41, 5.74) is 1.81. The van der Waals surface area contributed by atoms with Crippen LogP contribution in [0.5, 0.6) is 0 Å². The fourth-order valence-electron chi connectivity index (χ4n) is 1.56. The maximum atomic E-state index is 5.32. The first-order chi connectivity index (χ1) is 7.93. The summed E-state index contributed by atoms with van der Waals surface area (Å²) < 4.78 is 7.37. The second kappa shape index (κ2) is 3.94. The first kappa shape index (κ1) is 9.35. The Balaban J connectivity index is 1.94. The van der Waals surface area contributed by atoms with E-state index in [0.717, 1.165) is 16.5 Å². The number of hydrogen-bond donors (Lipinski definition) is 0. The molecule has 0 unspecified atom stereocenters. The third kappa shape index (κ3) is 1.65. The predicted octanol–water partition coefficient (Wildman–Crippen LogP) is 2.65. The Morgan fingerprint density at radius 2 is 2.44 bits per heavy atom. The summed E-state index contributed by atoms with van der Waals surface area (Å²) in [6.45, 7) is 0.695. The van der Waals surface area contributed by atoms with Gasteiger partial charge in [0.25, 0.3) is 0 Å². The average molecular weight is 231 g/mol. The highest BCUT2D eigenvalue weighted by atomic mass is 32.1. The summed E-state index contributed by atoms with van der Waals surface area (Å²) in [5, 5.41) is 0. The van der Waals surface area contributed by atoms with Crippen LogP contribution in [0.1, 0.15) is 5.76 Å². The molecule has 3 rings (SSSR count). The zero-order valence-electron chi connectivity index (χ0n) is 8.41. The van der Waals surface area contributed by atoms with Gasteiger partial charge in [0, 0.05) is 18.6 Å². The maximum Gasteiger partial charge on any atom is 0.152 e. The van der Waals surface area contributed by atoms with Crippen LogP contribution in [-0.4, -0.2) is 14.5 Å². The van der Waals surface area contributed by atoms with Gasteiger partial charge >= 0.3 is 0 Å². The number of aromatic nitrogens is 3. The summed E-state index contributed by atoms with van der Waals surface area (Å²) in [6.07, 6.45) is 7.24. The van der Waals surface area contributed by atoms with E-state index >= 15 is 0 Å². The van der Waals surface area contributed by atoms with E-state index in [1.807, 2.05) is 29.1 Å². The zero-order chi connectivity index (χ0) is 10.8. The van der Waals surface area contributed by atoms with Gasteiger partial charge in [0.2, 0.25) is 0 Å². The summed E-state index contributed by atoms with van der Waals surface area (Å²) in [6, 6.07) is 3.84. The van der Waals surface area contributed by atoms with E-state index in [4.69, 9.17) is 4.42 Å². The minimum absolute atomic E-state index is 0.695. The smallest absolute Gasteiger partial charge is 0.152 e. The van der Waals surface area contributed by atoms with Gasteiger partial charge in [0.05, 0.1) is 23.2 Å². The molecule has 4 nitrogen and oxygen atoms in total. The molecule has 80 valence electrons. The van der Waals surface area contributed by atoms with Gasteiger partial charge in [-0.05, 0) is 12.1 Å². The van der Waals surface area contributed by atoms with E-state index in [1.54, 1.807) is 29.3 Å². The molecule has 3 heterocycles. The van der Waals surface area contributed by atoms with Crippen molar-refractivity contribution < 1.29 is 4.42 Å². The number of hydrogen-bond acceptors (Lipinski definition) is 4. The molecule has 0 saturated heterocycles. The molecular formula is C11H9N3OS. The van der Waals surface area contributed by atoms with Crippen molar-refractivity contribution in [3.63, 3.8) is 0 Å². The van der Waals surface area contributed by atoms with Gasteiger partial charge in [-0.3, -0.25) is 4.98 Å². The second-order valence-corrected chi connectivity index (χ2v) is 4.21. The average Bonchev–Trinajstić information content (AvgIpc) is 2.98. The molecule has 0 aliphatic heterocycles. The fraction of sp³-hybridized carbons (Fsp3) is 0.0909. The molecule has 0 amide bonds. The monoisotopic (exact) mass is 231 g/mol. The molecule has 0 radical (unpaired) electrons. The number of thiazole rings is 1. The molecule has 3 aromatic heterocycles. The fourth-order valence-corrected chi connectivity index (χ4v) is 2.19. The van der Waals surface area contributed by atoms with Crippen molar-refractivity contribution in [3.8, 4) is 10.7 Å². The first-order valence-electron chi connectivity index (χ1n) is 4.86. The van der Waals surface area contributed by atoms with Crippen LogP contribution in [0.25, 0.3) is 10.7 Å². The molecule has 0 N–H and O–H groups in total. The van der Waals surface area contributed by atoms with Gasteiger partial charge in [-0.1, -0.05) is 0 Å². The lowest BCUT2D eigenvalue weighted by Crippen LogP contribution is -1.98. The Kier molecular flexibility index (Phi) is 2.30. The molecule has 0 aromatic carbocycles. The van der Waals surface area contributed by atoms with Crippen molar-refractivity contribution in [1.82, 2.24) is 14.5 Å². The van der Waals surface area contributed by atoms with Crippen molar-refractivity contribution in [2.24, 2.45) is 0 Å². The molecule has 5 heteroatoms. The molecule has 0 aliphatic rings. The Labute approximate surface area is 96.2 Å². The number of nitrogens with zero attached hydrogens (tertiary/aromatic N) is 3. The largest absolute Gasteiger partial charge is 0.467 e. The normalized spacial score (nSPS) is 10.8. The van der Waals surface area contributed by atoms with Gasteiger partial charge in [-0.2, -0.15) is 0 Å². The van der Waals surface area contributed by atoms with Crippen molar-refractivity contribution in [2.45, 2.75) is 6.54 Å². The van der Waals surface area contributed by atoms with E-state index in [-0.39, 0.29) is 0 Å². The zero-order valence-corrected chi connectivity index (χ0v) is 9.22. The third-order valence-corrected chi connectivity index (χ3v) is 3.04. The maximum absolute atomic E-state index is 5.32. The molecule has 0 fully saturated rings. The van der Waals surface area contributed by atoms with Gasteiger partial charge in [-0.15, -0.1) is 11.3 Å². The van der Waals surface area contributed by atoms with E-state index < -0.39 is 0 Å². The second-order valence-electron chi connectivity index (χ2n) is 3.32. The minimum atomic E-state index is 0.695. The topological polar surface area (TPSA) is 43.9 Å². The molecule has 0 saturated carbocycles. The molecule has 16 heavy (non-hydrogen) atoms. The Morgan fingerprint density at radius 1 is 1.44 bits per heavy atom. The van der Waals surface area contributed by atoms with Crippen LogP contribution in [0.2, 0.25) is 0 Å². The highest BCUT2D eigenvalue weighted by molar-refractivity contribution is 7.13. The minimum Gasteiger partial charge on any atom is -0.467 e. The number of imidazole rings is 1. The summed E-state index contributed by atoms with van der Waals surface area (Å²) in [7, 11) is 0. The van der Waals surface area contributed by atoms with Crippen LogP contribution >= 0.6 is 11.3 Å². The molecule has 0 atom stereocenters. The molecule has 0 aliphatic carbocycles. The Morgan fingerprint density at radius 3 is 3.19 bits per heavy atom. The predicted molar refractivity (Wildman–Crippen MR) is 61.1 cm³/mol. The van der Waals surface area contributed by atoms with Crippen LogP contribution < -0.4 is 0 Å². The lowest BCUT2D eigenvalue weighted by molar-refractivity contribution is 0.494. The van der Waals surface area contributed by atoms with E-state index in [9.17, 15) is 0 Å². The first-order valence-corrected chi connectivity index (χ1v) is 5.74. The van der Waals surface area contributed by atoms with Crippen LogP contribution in [-0.2, 0) is 6.54 Å². The van der Waals surface area contributed by atoms with Crippen molar-refractivity contribution >= 4 is 11.3 Å². The highest BCUT2D eigenvalue weighted by Gasteiger charge is 2.08. The van der Waals surface area contributed by atoms with Crippen molar-refractivity contribution in [2.75, 3.05) is 0 Å². The van der Waals surface area contributed by atoms with E-state index in [0.29, 0.717) is 6.54 Å². The van der Waals surface area contributed by atoms with Crippen LogP contribution in [0.4, 0.5) is 0 Å². The van der Waals surface area contributed by atoms with Gasteiger partial charge < -0.3 is 8.98 Å². The number of rotatable bonds is 3. The number of furan rings is 1. The van der Waals surface area contributed by atoms with Crippen LogP contribution in [0, 0.1) is 0 Å². The van der Waals surface area contributed by atoms with E-state index in [1.165, 1.54) is 0 Å². The van der Waals surface area contributed by atoms with Gasteiger partial charge in [0.1, 0.15) is 5.76 Å². The van der Waals surface area contributed by atoms with Crippen molar-refractivity contribution in [1.29, 1.82) is 0 Å². The molecule has 3 aromatic rings. The van der Waals surface area contributed by atoms with Crippen LogP contribution in [0.3, 0.4) is 0 Å². The van der Waals surface area contributed by atoms with E-state index in [2.05, 4.69) is 9.97 Å². The summed E-state index contributed by atoms with van der Waals surface area (Å²) >= 11 is 1.58. The SMILES string of the molecule is c1coc(Cn2ccnc2-c2cncs2)c1. The summed E-state index contributed by atoms with van der Waals surface area (Å²) in [4.78, 5) is 9.46. The lowest BCUT2D eigenvalue weighted by Gasteiger charge is -2.03. The van der Waals surface area contributed by atoms with Gasteiger partial charge in [-0.25, -0.2) is 4.98 Å². The van der Waals surface area contributed by atoms with Crippen LogP contribution in [0.15, 0.2) is 46.9 Å². The molecule has 0 bridgehead atoms. The lowest BCUT2D eigenvalue weighted by atomic mass is 10.4. The standard InChI is InChI=1S/C11H9N3OS/c1-2-9(15-5-1)7-14-4-3-13-11(14)10-6-12-8-16-10/h1-6,8H,7H2. The quantitative estimate of drug-likeness (QED) is 0.696. The van der Waals surface area contributed by atoms with Crippen molar-refractivity contribution in [3.05, 3.63) is 48.3 Å². The van der Waals surface area contributed by atoms with Gasteiger partial charge in [0.15, 0.2) is 5.82 Å². The Hall–Kier alpha value is -1.88.